The lowest BCUT2D eigenvalue weighted by molar-refractivity contribution is -0.136. The summed E-state index contributed by atoms with van der Waals surface area (Å²) in [5.74, 6) is -1.16. The number of hydrogen-bond donors (Lipinski definition) is 1. The van der Waals surface area contributed by atoms with Crippen LogP contribution in [0, 0.1) is 11.7 Å². The average Bonchev–Trinajstić information content (AvgIpc) is 2.48. The fourth-order valence-electron chi connectivity index (χ4n) is 2.24. The van der Waals surface area contributed by atoms with Crippen molar-refractivity contribution in [1.29, 1.82) is 0 Å². The van der Waals surface area contributed by atoms with Crippen LogP contribution in [-0.2, 0) is 9.59 Å². The van der Waals surface area contributed by atoms with Crippen LogP contribution < -0.4 is 10.5 Å². The molecule has 7 heteroatoms. The molecule has 1 heterocycles. The smallest absolute Gasteiger partial charge is 0.260 e. The van der Waals surface area contributed by atoms with E-state index in [4.69, 9.17) is 22.1 Å². The fraction of sp³-hybridized carbons (Fsp3) is 0.429. The number of halogens is 2. The minimum Gasteiger partial charge on any atom is -0.484 e. The number of piperidine rings is 1. The van der Waals surface area contributed by atoms with Gasteiger partial charge in [-0.15, -0.1) is 0 Å². The molecule has 1 aromatic carbocycles. The SMILES string of the molecule is NC(=O)[C@H]1CCCN(C(=O)COc2ccc(F)c(Cl)c2)C1. The minimum atomic E-state index is -0.546. The van der Waals surface area contributed by atoms with Gasteiger partial charge in [-0.05, 0) is 25.0 Å². The van der Waals surface area contributed by atoms with Crippen molar-refractivity contribution >= 4 is 23.4 Å². The molecule has 2 amide bonds. The molecule has 0 radical (unpaired) electrons. The van der Waals surface area contributed by atoms with Gasteiger partial charge in [-0.25, -0.2) is 4.39 Å². The molecule has 0 saturated carbocycles. The maximum Gasteiger partial charge on any atom is 0.260 e. The number of primary amides is 1. The van der Waals surface area contributed by atoms with Crippen molar-refractivity contribution in [3.05, 3.63) is 29.0 Å². The molecule has 1 saturated heterocycles. The van der Waals surface area contributed by atoms with Crippen molar-refractivity contribution in [1.82, 2.24) is 4.90 Å². The van der Waals surface area contributed by atoms with Gasteiger partial charge in [-0.1, -0.05) is 11.6 Å². The largest absolute Gasteiger partial charge is 0.484 e. The van der Waals surface area contributed by atoms with E-state index < -0.39 is 11.7 Å². The molecule has 21 heavy (non-hydrogen) atoms. The van der Waals surface area contributed by atoms with Crippen LogP contribution in [0.15, 0.2) is 18.2 Å². The number of amides is 2. The summed E-state index contributed by atoms with van der Waals surface area (Å²) >= 11 is 5.63. The van der Waals surface area contributed by atoms with Crippen LogP contribution in [0.25, 0.3) is 0 Å². The first-order chi connectivity index (χ1) is 9.97. The molecule has 0 unspecified atom stereocenters. The topological polar surface area (TPSA) is 72.6 Å². The van der Waals surface area contributed by atoms with Crippen LogP contribution in [0.5, 0.6) is 5.75 Å². The van der Waals surface area contributed by atoms with Crippen LogP contribution in [0.3, 0.4) is 0 Å². The molecule has 0 bridgehead atoms. The summed E-state index contributed by atoms with van der Waals surface area (Å²) in [6.07, 6.45) is 1.44. The van der Waals surface area contributed by atoms with Crippen molar-refractivity contribution in [2.75, 3.05) is 19.7 Å². The van der Waals surface area contributed by atoms with Crippen molar-refractivity contribution in [2.24, 2.45) is 11.7 Å². The molecule has 1 aromatic rings. The number of rotatable bonds is 4. The first-order valence-electron chi connectivity index (χ1n) is 6.62. The zero-order valence-electron chi connectivity index (χ0n) is 11.4. The van der Waals surface area contributed by atoms with Gasteiger partial charge < -0.3 is 15.4 Å². The van der Waals surface area contributed by atoms with Gasteiger partial charge in [0.25, 0.3) is 5.91 Å². The number of carbonyl (C=O) groups excluding carboxylic acids is 2. The van der Waals surface area contributed by atoms with Crippen LogP contribution in [0.2, 0.25) is 5.02 Å². The van der Waals surface area contributed by atoms with E-state index in [0.29, 0.717) is 25.3 Å². The molecule has 0 spiro atoms. The van der Waals surface area contributed by atoms with E-state index in [-0.39, 0.29) is 23.5 Å². The fourth-order valence-corrected chi connectivity index (χ4v) is 2.41. The lowest BCUT2D eigenvalue weighted by Crippen LogP contribution is -2.45. The van der Waals surface area contributed by atoms with Gasteiger partial charge in [0.05, 0.1) is 10.9 Å². The lowest BCUT2D eigenvalue weighted by Gasteiger charge is -2.31. The van der Waals surface area contributed by atoms with Crippen LogP contribution in [0.4, 0.5) is 4.39 Å². The zero-order chi connectivity index (χ0) is 15.4. The maximum absolute atomic E-state index is 13.0. The Kier molecular flexibility index (Phi) is 5.01. The molecular weight excluding hydrogens is 299 g/mol. The Balaban J connectivity index is 1.89. The van der Waals surface area contributed by atoms with E-state index in [1.54, 1.807) is 4.90 Å². The quantitative estimate of drug-likeness (QED) is 0.917. The Morgan fingerprint density at radius 2 is 2.24 bits per heavy atom. The number of nitrogens with zero attached hydrogens (tertiary/aromatic N) is 1. The second kappa shape index (κ2) is 6.76. The second-order valence-electron chi connectivity index (χ2n) is 4.95. The highest BCUT2D eigenvalue weighted by Crippen LogP contribution is 2.21. The number of carbonyl (C=O) groups is 2. The zero-order valence-corrected chi connectivity index (χ0v) is 12.1. The number of hydrogen-bond acceptors (Lipinski definition) is 3. The molecule has 1 atom stereocenters. The Hall–Kier alpha value is -1.82. The molecule has 2 rings (SSSR count). The monoisotopic (exact) mass is 314 g/mol. The van der Waals surface area contributed by atoms with Gasteiger partial charge in [-0.3, -0.25) is 9.59 Å². The highest BCUT2D eigenvalue weighted by atomic mass is 35.5. The Labute approximate surface area is 126 Å². The van der Waals surface area contributed by atoms with E-state index >= 15 is 0 Å². The van der Waals surface area contributed by atoms with Gasteiger partial charge in [0, 0.05) is 19.2 Å². The number of nitrogens with two attached hydrogens (primary N) is 1. The predicted octanol–water partition coefficient (Wildman–Crippen LogP) is 1.58. The minimum absolute atomic E-state index is 0.0632. The van der Waals surface area contributed by atoms with E-state index in [2.05, 4.69) is 0 Å². The van der Waals surface area contributed by atoms with Crippen LogP contribution >= 0.6 is 11.6 Å². The van der Waals surface area contributed by atoms with E-state index in [1.165, 1.54) is 18.2 Å². The third-order valence-electron chi connectivity index (χ3n) is 3.43. The van der Waals surface area contributed by atoms with E-state index in [9.17, 15) is 14.0 Å². The third kappa shape index (κ3) is 4.07. The number of benzene rings is 1. The highest BCUT2D eigenvalue weighted by Gasteiger charge is 2.27. The standard InChI is InChI=1S/C14H16ClFN2O3/c15-11-6-10(3-4-12(11)16)21-8-13(19)18-5-1-2-9(7-18)14(17)20/h3-4,6,9H,1-2,5,7-8H2,(H2,17,20)/t9-/m0/s1. The van der Waals surface area contributed by atoms with E-state index in [1.807, 2.05) is 0 Å². The first-order valence-corrected chi connectivity index (χ1v) is 7.00. The Morgan fingerprint density at radius 1 is 1.48 bits per heavy atom. The summed E-state index contributed by atoms with van der Waals surface area (Å²) in [5, 5.41) is -0.0632. The van der Waals surface area contributed by atoms with Crippen LogP contribution in [0.1, 0.15) is 12.8 Å². The third-order valence-corrected chi connectivity index (χ3v) is 3.72. The molecule has 1 aliphatic heterocycles. The molecule has 114 valence electrons. The molecule has 0 aromatic heterocycles. The van der Waals surface area contributed by atoms with Gasteiger partial charge in [0.2, 0.25) is 5.91 Å². The highest BCUT2D eigenvalue weighted by molar-refractivity contribution is 6.30. The molecule has 1 aliphatic rings. The Morgan fingerprint density at radius 3 is 2.90 bits per heavy atom. The van der Waals surface area contributed by atoms with Gasteiger partial charge in [0.1, 0.15) is 11.6 Å². The summed E-state index contributed by atoms with van der Waals surface area (Å²) in [6, 6.07) is 3.88. The molecule has 2 N–H and O–H groups in total. The predicted molar refractivity (Wildman–Crippen MR) is 75.4 cm³/mol. The summed E-state index contributed by atoms with van der Waals surface area (Å²) in [4.78, 5) is 24.8. The lowest BCUT2D eigenvalue weighted by atomic mass is 9.97. The molecular formula is C14H16ClFN2O3. The van der Waals surface area contributed by atoms with Crippen molar-refractivity contribution in [3.8, 4) is 5.75 Å². The molecule has 1 fully saturated rings. The average molecular weight is 315 g/mol. The second-order valence-corrected chi connectivity index (χ2v) is 5.35. The van der Waals surface area contributed by atoms with Crippen molar-refractivity contribution in [3.63, 3.8) is 0 Å². The van der Waals surface area contributed by atoms with Crippen molar-refractivity contribution < 1.29 is 18.7 Å². The summed E-state index contributed by atoms with van der Waals surface area (Å²) in [7, 11) is 0. The van der Waals surface area contributed by atoms with Crippen molar-refractivity contribution in [2.45, 2.75) is 12.8 Å². The first kappa shape index (κ1) is 15.6. The van der Waals surface area contributed by atoms with E-state index in [0.717, 1.165) is 6.42 Å². The molecule has 5 nitrogen and oxygen atoms in total. The van der Waals surface area contributed by atoms with Gasteiger partial charge in [-0.2, -0.15) is 0 Å². The Bertz CT molecular complexity index is 553. The summed E-state index contributed by atoms with van der Waals surface area (Å²) < 4.78 is 18.3. The van der Waals surface area contributed by atoms with Gasteiger partial charge in [0.15, 0.2) is 6.61 Å². The van der Waals surface area contributed by atoms with Gasteiger partial charge >= 0.3 is 0 Å². The summed E-state index contributed by atoms with van der Waals surface area (Å²) in [5.41, 5.74) is 5.27. The van der Waals surface area contributed by atoms with Crippen LogP contribution in [-0.4, -0.2) is 36.4 Å². The molecule has 0 aliphatic carbocycles. The number of ether oxygens (including phenoxy) is 1. The normalized spacial score (nSPS) is 18.4. The summed E-state index contributed by atoms with van der Waals surface area (Å²) in [6.45, 7) is 0.714. The maximum atomic E-state index is 13.0. The number of likely N-dealkylation sites (tertiary alicyclic amines) is 1.